The lowest BCUT2D eigenvalue weighted by atomic mass is 10.1. The SMILES string of the molecule is CCCCCCCCCCCCOc1cc(-c2ccccc2)cc(OCCCCCCCCCCCC)[n+]1C. The van der Waals surface area contributed by atoms with Gasteiger partial charge in [0.2, 0.25) is 0 Å². The van der Waals surface area contributed by atoms with E-state index in [0.29, 0.717) is 0 Å². The third-order valence-corrected chi connectivity index (χ3v) is 7.82. The van der Waals surface area contributed by atoms with E-state index in [9.17, 15) is 0 Å². The third-order valence-electron chi connectivity index (χ3n) is 7.82. The fraction of sp³-hybridized carbons (Fsp3) is 0.694. The van der Waals surface area contributed by atoms with Crippen molar-refractivity contribution in [3.63, 3.8) is 0 Å². The highest BCUT2D eigenvalue weighted by atomic mass is 16.5. The molecule has 2 aromatic rings. The molecule has 0 aliphatic heterocycles. The summed E-state index contributed by atoms with van der Waals surface area (Å²) in [6.07, 6.45) is 26.8. The van der Waals surface area contributed by atoms with E-state index in [0.717, 1.165) is 43.4 Å². The van der Waals surface area contributed by atoms with Crippen molar-refractivity contribution >= 4 is 0 Å². The molecule has 0 spiro atoms. The monoisotopic (exact) mass is 538 g/mol. The Morgan fingerprint density at radius 1 is 0.462 bits per heavy atom. The second kappa shape index (κ2) is 22.8. The van der Waals surface area contributed by atoms with Gasteiger partial charge in [0, 0.05) is 5.56 Å². The predicted octanol–water partition coefficient (Wildman–Crippen LogP) is 10.8. The summed E-state index contributed by atoms with van der Waals surface area (Å²) in [4.78, 5) is 0. The van der Waals surface area contributed by atoms with Crippen LogP contribution in [0.25, 0.3) is 11.1 Å². The molecule has 1 aromatic carbocycles. The zero-order valence-corrected chi connectivity index (χ0v) is 25.9. The van der Waals surface area contributed by atoms with Gasteiger partial charge < -0.3 is 9.47 Å². The number of hydrogen-bond acceptors (Lipinski definition) is 2. The first-order valence-electron chi connectivity index (χ1n) is 16.6. The fourth-order valence-electron chi connectivity index (χ4n) is 5.22. The molecule has 0 aliphatic rings. The zero-order chi connectivity index (χ0) is 27.8. The highest BCUT2D eigenvalue weighted by Crippen LogP contribution is 2.26. The highest BCUT2D eigenvalue weighted by molar-refractivity contribution is 5.64. The molecular formula is C36H60NO2+. The Bertz CT molecular complexity index is 788. The Morgan fingerprint density at radius 2 is 0.821 bits per heavy atom. The number of hydrogen-bond donors (Lipinski definition) is 0. The standard InChI is InChI=1S/C36H60NO2/c1-4-6-8-10-12-14-16-18-20-25-29-38-35-31-34(33-27-23-22-24-28-33)32-36(37(35)3)39-30-26-21-19-17-15-13-11-9-7-5-2/h22-24,27-28,31-32H,4-21,25-26,29-30H2,1-3H3/q+1. The summed E-state index contributed by atoms with van der Waals surface area (Å²) in [5.41, 5.74) is 2.36. The molecule has 0 N–H and O–H groups in total. The maximum atomic E-state index is 6.30. The average molecular weight is 539 g/mol. The molecular weight excluding hydrogens is 478 g/mol. The molecule has 3 nitrogen and oxygen atoms in total. The summed E-state index contributed by atoms with van der Waals surface area (Å²) in [6, 6.07) is 14.9. The van der Waals surface area contributed by atoms with Gasteiger partial charge in [-0.2, -0.15) is 0 Å². The second-order valence-electron chi connectivity index (χ2n) is 11.4. The van der Waals surface area contributed by atoms with Crippen LogP contribution < -0.4 is 14.0 Å². The number of rotatable bonds is 25. The quantitative estimate of drug-likeness (QED) is 0.0926. The lowest BCUT2D eigenvalue weighted by molar-refractivity contribution is -0.682. The first kappa shape index (κ1) is 33.2. The maximum Gasteiger partial charge on any atom is 0.371 e. The van der Waals surface area contributed by atoms with Gasteiger partial charge in [-0.05, 0) is 18.4 Å². The van der Waals surface area contributed by atoms with Crippen LogP contribution in [0.2, 0.25) is 0 Å². The second-order valence-corrected chi connectivity index (χ2v) is 11.4. The normalized spacial score (nSPS) is 11.2. The van der Waals surface area contributed by atoms with E-state index in [1.165, 1.54) is 121 Å². The fourth-order valence-corrected chi connectivity index (χ4v) is 5.22. The van der Waals surface area contributed by atoms with Gasteiger partial charge in [0.1, 0.15) is 7.05 Å². The molecule has 0 saturated carbocycles. The molecule has 220 valence electrons. The number of benzene rings is 1. The average Bonchev–Trinajstić information content (AvgIpc) is 2.96. The van der Waals surface area contributed by atoms with Gasteiger partial charge in [-0.15, -0.1) is 4.57 Å². The van der Waals surface area contributed by atoms with Crippen molar-refractivity contribution in [2.24, 2.45) is 7.05 Å². The summed E-state index contributed by atoms with van der Waals surface area (Å²) in [7, 11) is 2.07. The largest absolute Gasteiger partial charge is 0.444 e. The molecule has 2 rings (SSSR count). The first-order valence-corrected chi connectivity index (χ1v) is 16.6. The van der Waals surface area contributed by atoms with E-state index in [-0.39, 0.29) is 0 Å². The van der Waals surface area contributed by atoms with Crippen molar-refractivity contribution < 1.29 is 14.0 Å². The van der Waals surface area contributed by atoms with Crippen molar-refractivity contribution in [1.29, 1.82) is 0 Å². The maximum absolute atomic E-state index is 6.30. The molecule has 1 heterocycles. The predicted molar refractivity (Wildman–Crippen MR) is 168 cm³/mol. The van der Waals surface area contributed by atoms with Crippen LogP contribution in [0.5, 0.6) is 11.8 Å². The van der Waals surface area contributed by atoms with Crippen molar-refractivity contribution in [1.82, 2.24) is 0 Å². The van der Waals surface area contributed by atoms with Crippen molar-refractivity contribution in [3.8, 4) is 22.9 Å². The van der Waals surface area contributed by atoms with Crippen LogP contribution in [0.4, 0.5) is 0 Å². The summed E-state index contributed by atoms with van der Waals surface area (Å²) < 4.78 is 14.7. The molecule has 39 heavy (non-hydrogen) atoms. The minimum Gasteiger partial charge on any atom is -0.444 e. The summed E-state index contributed by atoms with van der Waals surface area (Å²) in [5.74, 6) is 1.79. The molecule has 0 fully saturated rings. The van der Waals surface area contributed by atoms with Gasteiger partial charge in [0.25, 0.3) is 0 Å². The Kier molecular flexibility index (Phi) is 19.4. The Morgan fingerprint density at radius 3 is 1.21 bits per heavy atom. The summed E-state index contributed by atoms with van der Waals surface area (Å²) in [6.45, 7) is 6.10. The smallest absolute Gasteiger partial charge is 0.371 e. The number of unbranched alkanes of at least 4 members (excludes halogenated alkanes) is 18. The van der Waals surface area contributed by atoms with Crippen molar-refractivity contribution in [3.05, 3.63) is 42.5 Å². The molecule has 0 amide bonds. The van der Waals surface area contributed by atoms with E-state index in [2.05, 4.69) is 67.9 Å². The van der Waals surface area contributed by atoms with Gasteiger partial charge in [-0.3, -0.25) is 0 Å². The zero-order valence-electron chi connectivity index (χ0n) is 25.9. The van der Waals surface area contributed by atoms with E-state index in [1.54, 1.807) is 0 Å². The van der Waals surface area contributed by atoms with E-state index in [4.69, 9.17) is 9.47 Å². The van der Waals surface area contributed by atoms with Gasteiger partial charge >= 0.3 is 11.8 Å². The molecule has 3 heteroatoms. The van der Waals surface area contributed by atoms with E-state index < -0.39 is 0 Å². The Balaban J connectivity index is 1.75. The molecule has 0 radical (unpaired) electrons. The van der Waals surface area contributed by atoms with Crippen LogP contribution in [0.3, 0.4) is 0 Å². The number of nitrogens with zero attached hydrogens (tertiary/aromatic N) is 1. The van der Waals surface area contributed by atoms with Crippen molar-refractivity contribution in [2.75, 3.05) is 13.2 Å². The van der Waals surface area contributed by atoms with Crippen LogP contribution in [0, 0.1) is 0 Å². The number of aromatic nitrogens is 1. The van der Waals surface area contributed by atoms with Crippen LogP contribution in [-0.4, -0.2) is 13.2 Å². The lowest BCUT2D eigenvalue weighted by Gasteiger charge is -2.11. The third kappa shape index (κ3) is 15.4. The van der Waals surface area contributed by atoms with Gasteiger partial charge in [-0.25, -0.2) is 0 Å². The van der Waals surface area contributed by atoms with Gasteiger partial charge in [0.05, 0.1) is 25.3 Å². The van der Waals surface area contributed by atoms with Crippen LogP contribution in [0.1, 0.15) is 142 Å². The van der Waals surface area contributed by atoms with Gasteiger partial charge in [0.15, 0.2) is 0 Å². The molecule has 0 saturated heterocycles. The number of pyridine rings is 1. The Labute approximate surface area is 241 Å². The summed E-state index contributed by atoms with van der Waals surface area (Å²) >= 11 is 0. The molecule has 1 aromatic heterocycles. The number of ether oxygens (including phenoxy) is 2. The molecule has 0 atom stereocenters. The molecule has 0 aliphatic carbocycles. The minimum absolute atomic E-state index is 0.764. The van der Waals surface area contributed by atoms with E-state index in [1.807, 2.05) is 0 Å². The topological polar surface area (TPSA) is 22.3 Å². The van der Waals surface area contributed by atoms with Crippen LogP contribution in [-0.2, 0) is 7.05 Å². The minimum atomic E-state index is 0.764. The summed E-state index contributed by atoms with van der Waals surface area (Å²) in [5, 5.41) is 0. The lowest BCUT2D eigenvalue weighted by Crippen LogP contribution is -2.33. The Hall–Kier alpha value is -2.03. The van der Waals surface area contributed by atoms with Gasteiger partial charge in [-0.1, -0.05) is 160 Å². The van der Waals surface area contributed by atoms with Crippen molar-refractivity contribution in [2.45, 2.75) is 142 Å². The van der Waals surface area contributed by atoms with Crippen LogP contribution in [0.15, 0.2) is 42.5 Å². The molecule has 0 bridgehead atoms. The first-order chi connectivity index (χ1) is 19.3. The van der Waals surface area contributed by atoms with Crippen LogP contribution >= 0.6 is 0 Å². The van der Waals surface area contributed by atoms with E-state index >= 15 is 0 Å². The highest BCUT2D eigenvalue weighted by Gasteiger charge is 2.19. The molecule has 0 unspecified atom stereocenters.